The van der Waals surface area contributed by atoms with Crippen LogP contribution in [0.5, 0.6) is 0 Å². The lowest BCUT2D eigenvalue weighted by molar-refractivity contribution is -0.125. The molecular formula is C24H22N4O4S. The Balaban J connectivity index is 1.33. The third-order valence-electron chi connectivity index (χ3n) is 5.16. The Morgan fingerprint density at radius 2 is 1.64 bits per heavy atom. The Bertz CT molecular complexity index is 1190. The van der Waals surface area contributed by atoms with Gasteiger partial charge in [-0.05, 0) is 48.2 Å². The van der Waals surface area contributed by atoms with Gasteiger partial charge in [0, 0.05) is 29.9 Å². The van der Waals surface area contributed by atoms with Crippen molar-refractivity contribution in [3.8, 4) is 11.1 Å². The number of carbonyl (C=O) groups is 4. The minimum Gasteiger partial charge on any atom is -0.329 e. The quantitative estimate of drug-likeness (QED) is 0.464. The van der Waals surface area contributed by atoms with Crippen LogP contribution in [0.25, 0.3) is 11.1 Å². The summed E-state index contributed by atoms with van der Waals surface area (Å²) in [5.74, 6) is -0.865. The van der Waals surface area contributed by atoms with Crippen molar-refractivity contribution in [3.05, 3.63) is 70.4 Å². The van der Waals surface area contributed by atoms with Crippen LogP contribution in [0.15, 0.2) is 60.0 Å². The number of imide groups is 1. The Kier molecular flexibility index (Phi) is 6.50. The Labute approximate surface area is 194 Å². The van der Waals surface area contributed by atoms with Gasteiger partial charge < -0.3 is 16.0 Å². The van der Waals surface area contributed by atoms with E-state index in [0.717, 1.165) is 21.6 Å². The molecule has 1 saturated heterocycles. The van der Waals surface area contributed by atoms with Gasteiger partial charge in [0.1, 0.15) is 0 Å². The van der Waals surface area contributed by atoms with Gasteiger partial charge >= 0.3 is 6.03 Å². The number of thiophene rings is 1. The van der Waals surface area contributed by atoms with Crippen LogP contribution in [0.3, 0.4) is 0 Å². The molecule has 3 aromatic rings. The molecule has 0 saturated carbocycles. The van der Waals surface area contributed by atoms with Crippen molar-refractivity contribution in [2.45, 2.75) is 13.3 Å². The van der Waals surface area contributed by atoms with Gasteiger partial charge in [0.25, 0.3) is 5.91 Å². The number of hydrogen-bond acceptors (Lipinski definition) is 5. The molecule has 1 aliphatic heterocycles. The monoisotopic (exact) mass is 462 g/mol. The fourth-order valence-electron chi connectivity index (χ4n) is 3.39. The van der Waals surface area contributed by atoms with Crippen LogP contribution in [0, 0.1) is 6.92 Å². The second-order valence-corrected chi connectivity index (χ2v) is 8.48. The largest absolute Gasteiger partial charge is 0.329 e. The maximum Gasteiger partial charge on any atom is 0.324 e. The van der Waals surface area contributed by atoms with Crippen LogP contribution in [0.1, 0.15) is 21.7 Å². The maximum atomic E-state index is 12.8. The number of aryl methyl sites for hydroxylation is 1. The van der Waals surface area contributed by atoms with E-state index in [1.807, 2.05) is 42.6 Å². The topological polar surface area (TPSA) is 108 Å². The van der Waals surface area contributed by atoms with Crippen molar-refractivity contribution in [2.24, 2.45) is 0 Å². The summed E-state index contributed by atoms with van der Waals surface area (Å²) in [6.45, 7) is 2.00. The number of urea groups is 1. The second-order valence-electron chi connectivity index (χ2n) is 7.56. The number of amides is 5. The Morgan fingerprint density at radius 1 is 0.970 bits per heavy atom. The summed E-state index contributed by atoms with van der Waals surface area (Å²) in [5, 5.41) is 9.91. The molecule has 0 atom stereocenters. The smallest absolute Gasteiger partial charge is 0.324 e. The van der Waals surface area contributed by atoms with Crippen LogP contribution < -0.4 is 16.0 Å². The predicted octanol–water partition coefficient (Wildman–Crippen LogP) is 3.86. The van der Waals surface area contributed by atoms with Gasteiger partial charge in [0.05, 0.1) is 11.4 Å². The summed E-state index contributed by atoms with van der Waals surface area (Å²) >= 11 is 1.38. The summed E-state index contributed by atoms with van der Waals surface area (Å²) in [7, 11) is 0. The number of anilines is 2. The lowest BCUT2D eigenvalue weighted by Crippen LogP contribution is -2.33. The summed E-state index contributed by atoms with van der Waals surface area (Å²) in [6.07, 6.45) is -0.00217. The lowest BCUT2D eigenvalue weighted by atomic mass is 10.0. The number of hydrogen-bond donors (Lipinski definition) is 3. The van der Waals surface area contributed by atoms with E-state index in [1.165, 1.54) is 11.3 Å². The first-order chi connectivity index (χ1) is 15.9. The van der Waals surface area contributed by atoms with Gasteiger partial charge in [-0.15, -0.1) is 11.3 Å². The molecule has 0 bridgehead atoms. The van der Waals surface area contributed by atoms with E-state index in [-0.39, 0.29) is 37.2 Å². The molecule has 1 fully saturated rings. The predicted molar refractivity (Wildman–Crippen MR) is 127 cm³/mol. The van der Waals surface area contributed by atoms with Crippen molar-refractivity contribution in [2.75, 3.05) is 23.7 Å². The molecule has 1 aliphatic rings. The third-order valence-corrected chi connectivity index (χ3v) is 6.07. The highest BCUT2D eigenvalue weighted by Crippen LogP contribution is 2.29. The number of nitrogens with zero attached hydrogens (tertiary/aromatic N) is 1. The first kappa shape index (κ1) is 22.2. The lowest BCUT2D eigenvalue weighted by Gasteiger charge is -2.12. The van der Waals surface area contributed by atoms with Crippen molar-refractivity contribution in [3.63, 3.8) is 0 Å². The van der Waals surface area contributed by atoms with E-state index in [2.05, 4.69) is 16.0 Å². The number of rotatable bonds is 7. The van der Waals surface area contributed by atoms with Gasteiger partial charge in [-0.2, -0.15) is 0 Å². The molecule has 33 heavy (non-hydrogen) atoms. The summed E-state index contributed by atoms with van der Waals surface area (Å²) < 4.78 is 0. The van der Waals surface area contributed by atoms with Crippen LogP contribution in [0.2, 0.25) is 0 Å². The van der Waals surface area contributed by atoms with Gasteiger partial charge in [-0.3, -0.25) is 19.3 Å². The van der Waals surface area contributed by atoms with E-state index in [1.54, 1.807) is 24.3 Å². The van der Waals surface area contributed by atoms with Crippen molar-refractivity contribution in [1.29, 1.82) is 0 Å². The molecule has 4 rings (SSSR count). The molecule has 8 nitrogen and oxygen atoms in total. The fraction of sp³-hybridized carbons (Fsp3) is 0.167. The SMILES string of the molecule is Cc1ccc(-c2ccsc2C(=O)Nc2ccc(NC(=O)CCN3C(=O)CNC3=O)cc2)cc1. The van der Waals surface area contributed by atoms with E-state index in [0.29, 0.717) is 16.3 Å². The van der Waals surface area contributed by atoms with Gasteiger partial charge in [0.2, 0.25) is 11.8 Å². The van der Waals surface area contributed by atoms with Gasteiger partial charge in [0.15, 0.2) is 0 Å². The number of nitrogens with one attached hydrogen (secondary N) is 3. The highest BCUT2D eigenvalue weighted by Gasteiger charge is 2.28. The molecule has 0 spiro atoms. The van der Waals surface area contributed by atoms with Crippen LogP contribution in [-0.4, -0.2) is 41.7 Å². The maximum absolute atomic E-state index is 12.8. The van der Waals surface area contributed by atoms with Gasteiger partial charge in [-0.25, -0.2) is 4.79 Å². The molecule has 0 aliphatic carbocycles. The van der Waals surface area contributed by atoms with E-state index < -0.39 is 6.03 Å². The van der Waals surface area contributed by atoms with Gasteiger partial charge in [-0.1, -0.05) is 29.8 Å². The number of benzene rings is 2. The summed E-state index contributed by atoms with van der Waals surface area (Å²) in [5.41, 5.74) is 4.17. The van der Waals surface area contributed by atoms with Crippen molar-refractivity contribution >= 4 is 46.5 Å². The van der Waals surface area contributed by atoms with Crippen LogP contribution in [-0.2, 0) is 9.59 Å². The zero-order valence-electron chi connectivity index (χ0n) is 17.9. The zero-order chi connectivity index (χ0) is 23.4. The van der Waals surface area contributed by atoms with Crippen molar-refractivity contribution in [1.82, 2.24) is 10.2 Å². The molecule has 1 aromatic heterocycles. The minimum atomic E-state index is -0.482. The molecule has 3 N–H and O–H groups in total. The molecule has 2 heterocycles. The van der Waals surface area contributed by atoms with E-state index in [9.17, 15) is 19.2 Å². The Morgan fingerprint density at radius 3 is 2.27 bits per heavy atom. The summed E-state index contributed by atoms with van der Waals surface area (Å²) in [4.78, 5) is 49.7. The molecule has 168 valence electrons. The molecule has 0 radical (unpaired) electrons. The first-order valence-corrected chi connectivity index (χ1v) is 11.2. The normalized spacial score (nSPS) is 13.1. The first-order valence-electron chi connectivity index (χ1n) is 10.3. The van der Waals surface area contributed by atoms with E-state index >= 15 is 0 Å². The average molecular weight is 463 g/mol. The molecule has 0 unspecified atom stereocenters. The molecular weight excluding hydrogens is 440 g/mol. The highest BCUT2D eigenvalue weighted by molar-refractivity contribution is 7.12. The van der Waals surface area contributed by atoms with Crippen LogP contribution in [0.4, 0.5) is 16.2 Å². The highest BCUT2D eigenvalue weighted by atomic mass is 32.1. The Hall–Kier alpha value is -3.98. The summed E-state index contributed by atoms with van der Waals surface area (Å²) in [6, 6.07) is 16.2. The average Bonchev–Trinajstić information content (AvgIpc) is 3.41. The minimum absolute atomic E-state index is 0.00217. The second kappa shape index (κ2) is 9.66. The fourth-order valence-corrected chi connectivity index (χ4v) is 4.20. The number of carbonyl (C=O) groups excluding carboxylic acids is 4. The van der Waals surface area contributed by atoms with E-state index in [4.69, 9.17) is 0 Å². The molecule has 9 heteroatoms. The standard InChI is InChI=1S/C24H22N4O4S/c1-15-2-4-16(5-3-15)19-11-13-33-22(19)23(31)27-18-8-6-17(7-9-18)26-20(29)10-12-28-21(30)14-25-24(28)32/h2-9,11,13H,10,12,14H2,1H3,(H,25,32)(H,26,29)(H,27,31). The molecule has 5 amide bonds. The zero-order valence-corrected chi connectivity index (χ0v) is 18.7. The third kappa shape index (κ3) is 5.27. The molecule has 2 aromatic carbocycles. The van der Waals surface area contributed by atoms with Crippen molar-refractivity contribution < 1.29 is 19.2 Å². The van der Waals surface area contributed by atoms with Crippen LogP contribution >= 0.6 is 11.3 Å².